The van der Waals surface area contributed by atoms with Crippen molar-refractivity contribution in [2.75, 3.05) is 13.2 Å². The molecule has 1 atom stereocenters. The fourth-order valence-corrected chi connectivity index (χ4v) is 1.79. The summed E-state index contributed by atoms with van der Waals surface area (Å²) < 4.78 is 18.5. The first-order valence-electron chi connectivity index (χ1n) is 6.62. The molecule has 20 heavy (non-hydrogen) atoms. The molecule has 0 aliphatic heterocycles. The van der Waals surface area contributed by atoms with E-state index in [-0.39, 0.29) is 36.3 Å². The summed E-state index contributed by atoms with van der Waals surface area (Å²) in [4.78, 5) is 11.8. The molecule has 0 fully saturated rings. The Morgan fingerprint density at radius 1 is 1.40 bits per heavy atom. The number of aliphatic hydroxyl groups excluding tert-OH is 1. The second-order valence-electron chi connectivity index (χ2n) is 5.72. The van der Waals surface area contributed by atoms with Gasteiger partial charge in [0.25, 0.3) is 5.91 Å². The molecule has 1 amide bonds. The first-order valence-corrected chi connectivity index (χ1v) is 6.62. The van der Waals surface area contributed by atoms with Crippen LogP contribution in [0.1, 0.15) is 27.2 Å². The average Bonchev–Trinajstić information content (AvgIpc) is 2.36. The summed E-state index contributed by atoms with van der Waals surface area (Å²) >= 11 is 0. The minimum absolute atomic E-state index is 0.00358. The molecule has 1 rings (SSSR count). The van der Waals surface area contributed by atoms with Crippen molar-refractivity contribution in [3.63, 3.8) is 0 Å². The number of nitrogens with one attached hydrogen (secondary N) is 1. The lowest BCUT2D eigenvalue weighted by molar-refractivity contribution is -0.124. The number of halogens is 1. The van der Waals surface area contributed by atoms with Gasteiger partial charge in [-0.25, -0.2) is 4.39 Å². The number of carbonyl (C=O) groups excluding carboxylic acids is 1. The molecule has 0 bridgehead atoms. The molecule has 1 aromatic rings. The molecule has 4 nitrogen and oxygen atoms in total. The number of benzene rings is 1. The maximum Gasteiger partial charge on any atom is 0.258 e. The minimum atomic E-state index is -0.497. The van der Waals surface area contributed by atoms with Crippen molar-refractivity contribution < 1.29 is 19.0 Å². The molecule has 0 radical (unpaired) electrons. The summed E-state index contributed by atoms with van der Waals surface area (Å²) in [6, 6.07) is 5.78. The zero-order valence-electron chi connectivity index (χ0n) is 12.1. The van der Waals surface area contributed by atoms with Crippen LogP contribution in [0.25, 0.3) is 0 Å². The molecule has 5 heteroatoms. The Morgan fingerprint density at radius 3 is 2.60 bits per heavy atom. The predicted octanol–water partition coefficient (Wildman–Crippen LogP) is 2.12. The van der Waals surface area contributed by atoms with Gasteiger partial charge in [0.15, 0.2) is 18.2 Å². The molecule has 0 saturated carbocycles. The standard InChI is InChI=1S/C15H22FNO3/c1-15(2,3)13(8-9-18)17-14(19)10-20-12-7-5-4-6-11(12)16/h4-7,13,18H,8-10H2,1-3H3,(H,17,19). The Kier molecular flexibility index (Phi) is 5.95. The van der Waals surface area contributed by atoms with Gasteiger partial charge >= 0.3 is 0 Å². The van der Waals surface area contributed by atoms with E-state index in [9.17, 15) is 9.18 Å². The van der Waals surface area contributed by atoms with E-state index in [0.717, 1.165) is 0 Å². The average molecular weight is 283 g/mol. The van der Waals surface area contributed by atoms with Gasteiger partial charge in [-0.15, -0.1) is 0 Å². The van der Waals surface area contributed by atoms with Crippen LogP contribution in [0.4, 0.5) is 4.39 Å². The summed E-state index contributed by atoms with van der Waals surface area (Å²) in [5.74, 6) is -0.776. The monoisotopic (exact) mass is 283 g/mol. The van der Waals surface area contributed by atoms with E-state index in [2.05, 4.69) is 5.32 Å². The van der Waals surface area contributed by atoms with Crippen LogP contribution < -0.4 is 10.1 Å². The van der Waals surface area contributed by atoms with Crippen LogP contribution in [0.2, 0.25) is 0 Å². The Hall–Kier alpha value is -1.62. The summed E-state index contributed by atoms with van der Waals surface area (Å²) in [5, 5.41) is 11.8. The fraction of sp³-hybridized carbons (Fsp3) is 0.533. The lowest BCUT2D eigenvalue weighted by atomic mass is 9.85. The van der Waals surface area contributed by atoms with Gasteiger partial charge in [0.05, 0.1) is 0 Å². The molecule has 0 heterocycles. The van der Waals surface area contributed by atoms with Crippen LogP contribution in [0.5, 0.6) is 5.75 Å². The number of carbonyl (C=O) groups is 1. The summed E-state index contributed by atoms with van der Waals surface area (Å²) in [5.41, 5.74) is -0.170. The van der Waals surface area contributed by atoms with E-state index in [1.165, 1.54) is 12.1 Å². The maximum absolute atomic E-state index is 13.3. The zero-order chi connectivity index (χ0) is 15.2. The van der Waals surface area contributed by atoms with Gasteiger partial charge in [0.2, 0.25) is 0 Å². The molecule has 1 aromatic carbocycles. The molecule has 0 aromatic heterocycles. The van der Waals surface area contributed by atoms with E-state index in [4.69, 9.17) is 9.84 Å². The normalized spacial score (nSPS) is 12.8. The zero-order valence-corrected chi connectivity index (χ0v) is 12.1. The molecule has 0 spiro atoms. The summed E-state index contributed by atoms with van der Waals surface area (Å²) in [6.45, 7) is 5.68. The first-order chi connectivity index (χ1) is 9.34. The minimum Gasteiger partial charge on any atom is -0.481 e. The number of hydrogen-bond acceptors (Lipinski definition) is 3. The van der Waals surface area contributed by atoms with Crippen molar-refractivity contribution in [3.05, 3.63) is 30.1 Å². The van der Waals surface area contributed by atoms with Crippen LogP contribution in [0.3, 0.4) is 0 Å². The Bertz CT molecular complexity index is 443. The van der Waals surface area contributed by atoms with Crippen molar-refractivity contribution in [3.8, 4) is 5.75 Å². The van der Waals surface area contributed by atoms with Crippen LogP contribution in [-0.4, -0.2) is 30.3 Å². The summed E-state index contributed by atoms with van der Waals surface area (Å²) in [7, 11) is 0. The highest BCUT2D eigenvalue weighted by molar-refractivity contribution is 5.77. The van der Waals surface area contributed by atoms with Gasteiger partial charge in [0, 0.05) is 12.6 Å². The third-order valence-corrected chi connectivity index (χ3v) is 2.99. The first kappa shape index (κ1) is 16.4. The van der Waals surface area contributed by atoms with E-state index in [1.807, 2.05) is 20.8 Å². The molecule has 112 valence electrons. The van der Waals surface area contributed by atoms with Gasteiger partial charge < -0.3 is 15.2 Å². The smallest absolute Gasteiger partial charge is 0.258 e. The second-order valence-corrected chi connectivity index (χ2v) is 5.72. The van der Waals surface area contributed by atoms with Crippen LogP contribution >= 0.6 is 0 Å². The topological polar surface area (TPSA) is 58.6 Å². The molecule has 0 aliphatic carbocycles. The van der Waals surface area contributed by atoms with Crippen molar-refractivity contribution in [1.82, 2.24) is 5.32 Å². The number of hydrogen-bond donors (Lipinski definition) is 2. The number of para-hydroxylation sites is 1. The lowest BCUT2D eigenvalue weighted by Gasteiger charge is -2.31. The quantitative estimate of drug-likeness (QED) is 0.840. The van der Waals surface area contributed by atoms with E-state index >= 15 is 0 Å². The third-order valence-electron chi connectivity index (χ3n) is 2.99. The lowest BCUT2D eigenvalue weighted by Crippen LogP contribution is -2.46. The molecular weight excluding hydrogens is 261 g/mol. The number of aliphatic hydroxyl groups is 1. The predicted molar refractivity (Wildman–Crippen MR) is 75.0 cm³/mol. The molecule has 0 aliphatic rings. The van der Waals surface area contributed by atoms with Gasteiger partial charge in [-0.05, 0) is 24.0 Å². The SMILES string of the molecule is CC(C)(C)C(CCO)NC(=O)COc1ccccc1F. The molecule has 2 N–H and O–H groups in total. The largest absolute Gasteiger partial charge is 0.481 e. The van der Waals surface area contributed by atoms with Gasteiger partial charge in [-0.1, -0.05) is 32.9 Å². The van der Waals surface area contributed by atoms with Crippen molar-refractivity contribution in [1.29, 1.82) is 0 Å². The van der Waals surface area contributed by atoms with Crippen molar-refractivity contribution >= 4 is 5.91 Å². The van der Waals surface area contributed by atoms with Crippen LogP contribution in [-0.2, 0) is 4.79 Å². The Balaban J connectivity index is 2.52. The highest BCUT2D eigenvalue weighted by Gasteiger charge is 2.25. The van der Waals surface area contributed by atoms with Crippen molar-refractivity contribution in [2.45, 2.75) is 33.2 Å². The molecular formula is C15H22FNO3. The Labute approximate surface area is 119 Å². The van der Waals surface area contributed by atoms with Crippen LogP contribution in [0, 0.1) is 11.2 Å². The summed E-state index contributed by atoms with van der Waals surface area (Å²) in [6.07, 6.45) is 0.467. The molecule has 0 saturated heterocycles. The van der Waals surface area contributed by atoms with Crippen molar-refractivity contribution in [2.24, 2.45) is 5.41 Å². The van der Waals surface area contributed by atoms with Gasteiger partial charge in [0.1, 0.15) is 0 Å². The maximum atomic E-state index is 13.3. The van der Waals surface area contributed by atoms with E-state index in [1.54, 1.807) is 12.1 Å². The fourth-order valence-electron chi connectivity index (χ4n) is 1.79. The third kappa shape index (κ3) is 5.17. The second kappa shape index (κ2) is 7.24. The highest BCUT2D eigenvalue weighted by atomic mass is 19.1. The van der Waals surface area contributed by atoms with Gasteiger partial charge in [-0.2, -0.15) is 0 Å². The number of amides is 1. The Morgan fingerprint density at radius 2 is 2.05 bits per heavy atom. The molecule has 1 unspecified atom stereocenters. The van der Waals surface area contributed by atoms with E-state index in [0.29, 0.717) is 6.42 Å². The number of ether oxygens (including phenoxy) is 1. The van der Waals surface area contributed by atoms with E-state index < -0.39 is 5.82 Å². The van der Waals surface area contributed by atoms with Gasteiger partial charge in [-0.3, -0.25) is 4.79 Å². The number of rotatable bonds is 6. The van der Waals surface area contributed by atoms with Crippen LogP contribution in [0.15, 0.2) is 24.3 Å². The highest BCUT2D eigenvalue weighted by Crippen LogP contribution is 2.21.